The van der Waals surface area contributed by atoms with E-state index < -0.39 is 15.9 Å². The Morgan fingerprint density at radius 3 is 2.67 bits per heavy atom. The lowest BCUT2D eigenvalue weighted by Crippen LogP contribution is -2.04. The summed E-state index contributed by atoms with van der Waals surface area (Å²) in [5, 5.41) is 0. The standard InChI is InChI=1S/C6H8N2O3S/c1-5-2-7-3-6(8-5)4-12(9,10)11/h2-3H,4H2,1H3,(H,9,10,11). The minimum Gasteiger partial charge on any atom is -0.285 e. The molecule has 0 amide bonds. The Hall–Kier alpha value is -1.01. The summed E-state index contributed by atoms with van der Waals surface area (Å²) in [6.07, 6.45) is 2.81. The molecular formula is C6H8N2O3S. The minimum atomic E-state index is -4.00. The second kappa shape index (κ2) is 3.16. The Morgan fingerprint density at radius 2 is 2.17 bits per heavy atom. The number of aryl methyl sites for hydroxylation is 1. The van der Waals surface area contributed by atoms with Crippen LogP contribution in [-0.4, -0.2) is 22.9 Å². The van der Waals surface area contributed by atoms with E-state index in [1.165, 1.54) is 12.4 Å². The molecule has 0 aromatic carbocycles. The molecule has 0 saturated carbocycles. The summed E-state index contributed by atoms with van der Waals surface area (Å²) in [4.78, 5) is 7.59. The van der Waals surface area contributed by atoms with Gasteiger partial charge < -0.3 is 0 Å². The summed E-state index contributed by atoms with van der Waals surface area (Å²) < 4.78 is 29.3. The Kier molecular flexibility index (Phi) is 2.39. The maximum atomic E-state index is 10.4. The van der Waals surface area contributed by atoms with Crippen LogP contribution in [0, 0.1) is 6.92 Å². The van der Waals surface area contributed by atoms with Crippen molar-refractivity contribution in [3.63, 3.8) is 0 Å². The monoisotopic (exact) mass is 188 g/mol. The van der Waals surface area contributed by atoms with Crippen LogP contribution < -0.4 is 0 Å². The summed E-state index contributed by atoms with van der Waals surface area (Å²) in [7, 11) is -4.00. The van der Waals surface area contributed by atoms with Crippen molar-refractivity contribution in [3.8, 4) is 0 Å². The molecule has 1 heterocycles. The summed E-state index contributed by atoms with van der Waals surface area (Å²) >= 11 is 0. The number of nitrogens with zero attached hydrogens (tertiary/aromatic N) is 2. The SMILES string of the molecule is Cc1cncc(CS(=O)(=O)O)n1. The minimum absolute atomic E-state index is 0.248. The van der Waals surface area contributed by atoms with Crippen molar-refractivity contribution >= 4 is 10.1 Å². The molecule has 0 aliphatic carbocycles. The zero-order chi connectivity index (χ0) is 9.19. The van der Waals surface area contributed by atoms with Crippen molar-refractivity contribution < 1.29 is 13.0 Å². The Morgan fingerprint density at radius 1 is 1.50 bits per heavy atom. The van der Waals surface area contributed by atoms with Gasteiger partial charge in [0.25, 0.3) is 10.1 Å². The molecule has 1 N–H and O–H groups in total. The normalized spacial score (nSPS) is 11.5. The van der Waals surface area contributed by atoms with E-state index in [0.717, 1.165) is 0 Å². The van der Waals surface area contributed by atoms with Crippen molar-refractivity contribution in [2.75, 3.05) is 0 Å². The van der Waals surface area contributed by atoms with Gasteiger partial charge in [-0.3, -0.25) is 14.5 Å². The molecule has 0 atom stereocenters. The second-order valence-electron chi connectivity index (χ2n) is 2.38. The van der Waals surface area contributed by atoms with Gasteiger partial charge in [-0.2, -0.15) is 8.42 Å². The summed E-state index contributed by atoms with van der Waals surface area (Å²) in [6, 6.07) is 0. The van der Waals surface area contributed by atoms with Crippen molar-refractivity contribution in [3.05, 3.63) is 23.8 Å². The highest BCUT2D eigenvalue weighted by Crippen LogP contribution is 1.99. The molecule has 6 heteroatoms. The van der Waals surface area contributed by atoms with Gasteiger partial charge in [-0.15, -0.1) is 0 Å². The first kappa shape index (κ1) is 9.08. The highest BCUT2D eigenvalue weighted by atomic mass is 32.2. The fourth-order valence-electron chi connectivity index (χ4n) is 0.772. The second-order valence-corrected chi connectivity index (χ2v) is 3.83. The number of aromatic nitrogens is 2. The highest BCUT2D eigenvalue weighted by Gasteiger charge is 2.07. The molecule has 0 spiro atoms. The maximum absolute atomic E-state index is 10.4. The van der Waals surface area contributed by atoms with Crippen LogP contribution in [0.3, 0.4) is 0 Å². The fraction of sp³-hybridized carbons (Fsp3) is 0.333. The molecule has 0 saturated heterocycles. The van der Waals surface area contributed by atoms with Crippen LogP contribution in [0.4, 0.5) is 0 Å². The molecule has 0 fully saturated rings. The molecule has 0 aliphatic heterocycles. The first-order valence-corrected chi connectivity index (χ1v) is 4.81. The summed E-state index contributed by atoms with van der Waals surface area (Å²) in [6.45, 7) is 1.69. The van der Waals surface area contributed by atoms with Gasteiger partial charge in [0.15, 0.2) is 0 Å². The van der Waals surface area contributed by atoms with Gasteiger partial charge in [-0.25, -0.2) is 0 Å². The van der Waals surface area contributed by atoms with Gasteiger partial charge in [0.2, 0.25) is 0 Å². The van der Waals surface area contributed by atoms with Crippen LogP contribution >= 0.6 is 0 Å². The van der Waals surface area contributed by atoms with Gasteiger partial charge in [0.05, 0.1) is 11.4 Å². The Bertz CT molecular complexity index is 374. The van der Waals surface area contributed by atoms with Crippen LogP contribution in [0.2, 0.25) is 0 Å². The van der Waals surface area contributed by atoms with Gasteiger partial charge in [0, 0.05) is 12.4 Å². The van der Waals surface area contributed by atoms with Crippen LogP contribution in [0.1, 0.15) is 11.4 Å². The summed E-state index contributed by atoms with van der Waals surface area (Å²) in [5.74, 6) is -0.484. The Balaban J connectivity index is 2.91. The van der Waals surface area contributed by atoms with Crippen LogP contribution in [-0.2, 0) is 15.9 Å². The fourth-order valence-corrected chi connectivity index (χ4v) is 1.28. The molecule has 0 unspecified atom stereocenters. The average Bonchev–Trinajstić information content (AvgIpc) is 1.82. The number of hydrogen-bond acceptors (Lipinski definition) is 4. The zero-order valence-electron chi connectivity index (χ0n) is 6.43. The summed E-state index contributed by atoms with van der Waals surface area (Å²) in [5.41, 5.74) is 0.869. The largest absolute Gasteiger partial charge is 0.285 e. The first-order chi connectivity index (χ1) is 5.47. The molecule has 12 heavy (non-hydrogen) atoms. The number of rotatable bonds is 2. The number of hydrogen-bond donors (Lipinski definition) is 1. The molecule has 1 rings (SSSR count). The molecule has 1 aromatic heterocycles. The quantitative estimate of drug-likeness (QED) is 0.669. The van der Waals surface area contributed by atoms with E-state index in [1.54, 1.807) is 6.92 Å². The lowest BCUT2D eigenvalue weighted by Gasteiger charge is -1.97. The van der Waals surface area contributed by atoms with E-state index in [0.29, 0.717) is 5.69 Å². The average molecular weight is 188 g/mol. The molecule has 1 aromatic rings. The van der Waals surface area contributed by atoms with Gasteiger partial charge >= 0.3 is 0 Å². The predicted octanol–water partition coefficient (Wildman–Crippen LogP) is 0.173. The molecule has 5 nitrogen and oxygen atoms in total. The van der Waals surface area contributed by atoms with E-state index in [9.17, 15) is 8.42 Å². The third kappa shape index (κ3) is 2.93. The van der Waals surface area contributed by atoms with E-state index in [1.807, 2.05) is 0 Å². The molecular weight excluding hydrogens is 180 g/mol. The molecule has 0 aliphatic rings. The third-order valence-electron chi connectivity index (χ3n) is 1.14. The molecule has 0 bridgehead atoms. The van der Waals surface area contributed by atoms with Crippen LogP contribution in [0.15, 0.2) is 12.4 Å². The first-order valence-electron chi connectivity index (χ1n) is 3.20. The predicted molar refractivity (Wildman–Crippen MR) is 42.0 cm³/mol. The topological polar surface area (TPSA) is 80.2 Å². The van der Waals surface area contributed by atoms with E-state index in [2.05, 4.69) is 9.97 Å². The highest BCUT2D eigenvalue weighted by molar-refractivity contribution is 7.84. The maximum Gasteiger partial charge on any atom is 0.270 e. The van der Waals surface area contributed by atoms with Gasteiger partial charge in [-0.05, 0) is 6.92 Å². The lowest BCUT2D eigenvalue weighted by atomic mass is 10.4. The van der Waals surface area contributed by atoms with Gasteiger partial charge in [0.1, 0.15) is 5.75 Å². The van der Waals surface area contributed by atoms with Crippen molar-refractivity contribution in [2.45, 2.75) is 12.7 Å². The van der Waals surface area contributed by atoms with Crippen molar-refractivity contribution in [1.29, 1.82) is 0 Å². The van der Waals surface area contributed by atoms with E-state index in [4.69, 9.17) is 4.55 Å². The van der Waals surface area contributed by atoms with E-state index >= 15 is 0 Å². The molecule has 66 valence electrons. The van der Waals surface area contributed by atoms with Crippen molar-refractivity contribution in [1.82, 2.24) is 9.97 Å². The zero-order valence-corrected chi connectivity index (χ0v) is 7.24. The van der Waals surface area contributed by atoms with E-state index in [-0.39, 0.29) is 5.69 Å². The lowest BCUT2D eigenvalue weighted by molar-refractivity contribution is 0.481. The van der Waals surface area contributed by atoms with Crippen LogP contribution in [0.5, 0.6) is 0 Å². The smallest absolute Gasteiger partial charge is 0.270 e. The van der Waals surface area contributed by atoms with Crippen molar-refractivity contribution in [2.24, 2.45) is 0 Å². The third-order valence-corrected chi connectivity index (χ3v) is 1.80. The van der Waals surface area contributed by atoms with Crippen LogP contribution in [0.25, 0.3) is 0 Å². The Labute approximate surface area is 70.2 Å². The van der Waals surface area contributed by atoms with Gasteiger partial charge in [-0.1, -0.05) is 0 Å². The molecule has 0 radical (unpaired) electrons.